The van der Waals surface area contributed by atoms with Crippen LogP contribution in [0.1, 0.15) is 49.9 Å². The minimum absolute atomic E-state index is 0.177. The van der Waals surface area contributed by atoms with Crippen molar-refractivity contribution < 1.29 is 0 Å². The van der Waals surface area contributed by atoms with E-state index in [1.807, 2.05) is 0 Å². The lowest BCUT2D eigenvalue weighted by molar-refractivity contribution is 0.116. The summed E-state index contributed by atoms with van der Waals surface area (Å²) in [6, 6.07) is 7.35. The minimum Gasteiger partial charge on any atom is -0.326 e. The molecular weight excluding hydrogens is 220 g/mol. The maximum atomic E-state index is 6.36. The standard InChI is InChI=1S/C16H26N2/c1-11-6-7-13(12(2)10-11)15-14(17)8-9-18(15)16(3,4)5/h6-7,10,14-15H,8-9,17H2,1-5H3. The number of nitrogens with zero attached hydrogens (tertiary/aromatic N) is 1. The van der Waals surface area contributed by atoms with Gasteiger partial charge in [-0.25, -0.2) is 0 Å². The lowest BCUT2D eigenvalue weighted by atomic mass is 9.93. The van der Waals surface area contributed by atoms with E-state index in [2.05, 4.69) is 57.7 Å². The molecule has 0 bridgehead atoms. The third-order valence-corrected chi connectivity index (χ3v) is 4.05. The molecule has 0 aromatic heterocycles. The predicted octanol–water partition coefficient (Wildman–Crippen LogP) is 3.18. The van der Waals surface area contributed by atoms with Gasteiger partial charge in [0.1, 0.15) is 0 Å². The zero-order valence-corrected chi connectivity index (χ0v) is 12.3. The van der Waals surface area contributed by atoms with Crippen LogP contribution in [0.3, 0.4) is 0 Å². The van der Waals surface area contributed by atoms with Crippen LogP contribution in [0, 0.1) is 13.8 Å². The van der Waals surface area contributed by atoms with E-state index in [1.165, 1.54) is 16.7 Å². The van der Waals surface area contributed by atoms with Gasteiger partial charge in [0.2, 0.25) is 0 Å². The SMILES string of the molecule is Cc1ccc(C2C(N)CCN2C(C)(C)C)c(C)c1. The van der Waals surface area contributed by atoms with Crippen molar-refractivity contribution in [1.82, 2.24) is 4.90 Å². The molecule has 2 nitrogen and oxygen atoms in total. The number of benzene rings is 1. The zero-order valence-electron chi connectivity index (χ0n) is 12.3. The molecule has 2 unspecified atom stereocenters. The molecule has 0 spiro atoms. The Labute approximate surface area is 111 Å². The zero-order chi connectivity index (χ0) is 13.5. The van der Waals surface area contributed by atoms with Crippen LogP contribution < -0.4 is 5.73 Å². The number of hydrogen-bond acceptors (Lipinski definition) is 2. The maximum absolute atomic E-state index is 6.36. The molecule has 1 aromatic carbocycles. The highest BCUT2D eigenvalue weighted by Crippen LogP contribution is 2.37. The molecule has 0 amide bonds. The van der Waals surface area contributed by atoms with E-state index in [9.17, 15) is 0 Å². The van der Waals surface area contributed by atoms with Crippen molar-refractivity contribution in [3.05, 3.63) is 34.9 Å². The Hall–Kier alpha value is -0.860. The summed E-state index contributed by atoms with van der Waals surface area (Å²) in [7, 11) is 0. The largest absolute Gasteiger partial charge is 0.326 e. The molecule has 2 atom stereocenters. The van der Waals surface area contributed by atoms with E-state index in [0.717, 1.165) is 13.0 Å². The smallest absolute Gasteiger partial charge is 0.0507 e. The van der Waals surface area contributed by atoms with E-state index in [0.29, 0.717) is 6.04 Å². The molecule has 0 saturated carbocycles. The Morgan fingerprint density at radius 2 is 1.89 bits per heavy atom. The molecule has 0 radical (unpaired) electrons. The fourth-order valence-corrected chi connectivity index (χ4v) is 3.12. The van der Waals surface area contributed by atoms with E-state index >= 15 is 0 Å². The lowest BCUT2D eigenvalue weighted by Crippen LogP contribution is -2.43. The number of hydrogen-bond donors (Lipinski definition) is 1. The molecule has 1 aliphatic heterocycles. The summed E-state index contributed by atoms with van der Waals surface area (Å²) in [4.78, 5) is 2.55. The molecule has 2 N–H and O–H groups in total. The van der Waals surface area contributed by atoms with Gasteiger partial charge in [-0.05, 0) is 52.2 Å². The van der Waals surface area contributed by atoms with Gasteiger partial charge in [-0.2, -0.15) is 0 Å². The van der Waals surface area contributed by atoms with Gasteiger partial charge in [0.15, 0.2) is 0 Å². The van der Waals surface area contributed by atoms with E-state index in [1.54, 1.807) is 0 Å². The average Bonchev–Trinajstić information content (AvgIpc) is 2.60. The fourth-order valence-electron chi connectivity index (χ4n) is 3.12. The summed E-state index contributed by atoms with van der Waals surface area (Å²) in [6.07, 6.45) is 1.09. The van der Waals surface area contributed by atoms with Crippen molar-refractivity contribution in [2.24, 2.45) is 5.73 Å². The summed E-state index contributed by atoms with van der Waals surface area (Å²) < 4.78 is 0. The van der Waals surface area contributed by atoms with Gasteiger partial charge in [0.25, 0.3) is 0 Å². The van der Waals surface area contributed by atoms with Crippen LogP contribution in [0.5, 0.6) is 0 Å². The first-order valence-electron chi connectivity index (χ1n) is 6.90. The lowest BCUT2D eigenvalue weighted by Gasteiger charge is -2.38. The Balaban J connectivity index is 2.40. The minimum atomic E-state index is 0.177. The summed E-state index contributed by atoms with van der Waals surface area (Å²) in [5, 5.41) is 0. The van der Waals surface area contributed by atoms with Gasteiger partial charge in [0.05, 0.1) is 6.04 Å². The van der Waals surface area contributed by atoms with Crippen LogP contribution in [0.4, 0.5) is 0 Å². The van der Waals surface area contributed by atoms with Crippen LogP contribution in [-0.2, 0) is 0 Å². The van der Waals surface area contributed by atoms with Crippen molar-refractivity contribution in [2.75, 3.05) is 6.54 Å². The van der Waals surface area contributed by atoms with Crippen LogP contribution in [0.2, 0.25) is 0 Å². The Morgan fingerprint density at radius 3 is 2.44 bits per heavy atom. The average molecular weight is 246 g/mol. The number of rotatable bonds is 1. The Bertz CT molecular complexity index is 431. The van der Waals surface area contributed by atoms with Crippen molar-refractivity contribution in [3.8, 4) is 0 Å². The molecule has 18 heavy (non-hydrogen) atoms. The molecule has 1 aliphatic rings. The normalized spacial score (nSPS) is 25.7. The summed E-state index contributed by atoms with van der Waals surface area (Å²) in [6.45, 7) is 12.3. The first-order valence-corrected chi connectivity index (χ1v) is 6.90. The van der Waals surface area contributed by atoms with Crippen LogP contribution in [0.25, 0.3) is 0 Å². The summed E-state index contributed by atoms with van der Waals surface area (Å²) in [5.41, 5.74) is 10.6. The predicted molar refractivity (Wildman–Crippen MR) is 77.7 cm³/mol. The van der Waals surface area contributed by atoms with E-state index in [-0.39, 0.29) is 11.6 Å². The third kappa shape index (κ3) is 2.45. The molecule has 1 saturated heterocycles. The molecule has 2 rings (SSSR count). The van der Waals surface area contributed by atoms with Crippen LogP contribution >= 0.6 is 0 Å². The second-order valence-electron chi connectivity index (χ2n) is 6.62. The maximum Gasteiger partial charge on any atom is 0.0507 e. The van der Waals surface area contributed by atoms with Crippen molar-refractivity contribution >= 4 is 0 Å². The molecule has 0 aliphatic carbocycles. The summed E-state index contributed by atoms with van der Waals surface area (Å²) >= 11 is 0. The molecule has 1 aromatic rings. The van der Waals surface area contributed by atoms with E-state index < -0.39 is 0 Å². The highest BCUT2D eigenvalue weighted by Gasteiger charge is 2.39. The van der Waals surface area contributed by atoms with Gasteiger partial charge >= 0.3 is 0 Å². The van der Waals surface area contributed by atoms with E-state index in [4.69, 9.17) is 5.73 Å². The van der Waals surface area contributed by atoms with Crippen LogP contribution in [0.15, 0.2) is 18.2 Å². The summed E-state index contributed by atoms with van der Waals surface area (Å²) in [5.74, 6) is 0. The molecular formula is C16H26N2. The molecule has 2 heteroatoms. The van der Waals surface area contributed by atoms with Crippen LogP contribution in [-0.4, -0.2) is 23.0 Å². The molecule has 100 valence electrons. The van der Waals surface area contributed by atoms with Crippen molar-refractivity contribution in [2.45, 2.75) is 58.7 Å². The molecule has 1 heterocycles. The van der Waals surface area contributed by atoms with Gasteiger partial charge in [0, 0.05) is 18.1 Å². The topological polar surface area (TPSA) is 29.3 Å². The van der Waals surface area contributed by atoms with Gasteiger partial charge < -0.3 is 5.73 Å². The first-order chi connectivity index (χ1) is 8.30. The highest BCUT2D eigenvalue weighted by molar-refractivity contribution is 5.34. The quantitative estimate of drug-likeness (QED) is 0.824. The van der Waals surface area contributed by atoms with Gasteiger partial charge in [-0.1, -0.05) is 23.8 Å². The Morgan fingerprint density at radius 1 is 1.22 bits per heavy atom. The van der Waals surface area contributed by atoms with Crippen molar-refractivity contribution in [3.63, 3.8) is 0 Å². The number of aryl methyl sites for hydroxylation is 2. The van der Waals surface area contributed by atoms with Gasteiger partial charge in [-0.15, -0.1) is 0 Å². The fraction of sp³-hybridized carbons (Fsp3) is 0.625. The number of nitrogens with two attached hydrogens (primary N) is 1. The highest BCUT2D eigenvalue weighted by atomic mass is 15.3. The first kappa shape index (κ1) is 13.6. The second kappa shape index (κ2) is 4.67. The third-order valence-electron chi connectivity index (χ3n) is 4.05. The molecule has 1 fully saturated rings. The number of likely N-dealkylation sites (tertiary alicyclic amines) is 1. The Kier molecular flexibility index (Phi) is 3.52. The monoisotopic (exact) mass is 246 g/mol. The second-order valence-corrected chi connectivity index (χ2v) is 6.62. The van der Waals surface area contributed by atoms with Crippen molar-refractivity contribution in [1.29, 1.82) is 0 Å². The van der Waals surface area contributed by atoms with Gasteiger partial charge in [-0.3, -0.25) is 4.90 Å².